The number of benzene rings is 2. The Kier molecular flexibility index (Phi) is 3.68. The summed E-state index contributed by atoms with van der Waals surface area (Å²) in [7, 11) is 0. The van der Waals surface area contributed by atoms with Gasteiger partial charge in [0.2, 0.25) is 5.82 Å². The number of alkyl halides is 2. The Morgan fingerprint density at radius 3 is 2.46 bits per heavy atom. The number of fused-ring (bicyclic) bond motifs is 1. The van der Waals surface area contributed by atoms with Crippen LogP contribution in [0.4, 0.5) is 8.78 Å². The number of hydrogen-bond donors (Lipinski definition) is 0. The molecular formula is C18H14F2N4O2. The van der Waals surface area contributed by atoms with Crippen molar-refractivity contribution < 1.29 is 18.0 Å². The molecular weight excluding hydrogens is 342 g/mol. The molecule has 0 bridgehead atoms. The van der Waals surface area contributed by atoms with Gasteiger partial charge in [0.15, 0.2) is 5.58 Å². The number of rotatable bonds is 4. The summed E-state index contributed by atoms with van der Waals surface area (Å²) in [4.78, 5) is 4.09. The third-order valence-electron chi connectivity index (χ3n) is 3.76. The highest BCUT2D eigenvalue weighted by Gasteiger charge is 2.23. The van der Waals surface area contributed by atoms with Crippen LogP contribution in [-0.2, 0) is 0 Å². The van der Waals surface area contributed by atoms with Gasteiger partial charge in [0.05, 0.1) is 5.39 Å². The van der Waals surface area contributed by atoms with Crippen molar-refractivity contribution in [3.05, 3.63) is 54.6 Å². The molecule has 0 unspecified atom stereocenters. The minimum absolute atomic E-state index is 0.103. The van der Waals surface area contributed by atoms with Gasteiger partial charge in [-0.3, -0.25) is 0 Å². The Morgan fingerprint density at radius 2 is 1.81 bits per heavy atom. The van der Waals surface area contributed by atoms with Crippen LogP contribution in [0.1, 0.15) is 12.7 Å². The summed E-state index contributed by atoms with van der Waals surface area (Å²) in [5.74, 6) is 1.26. The molecule has 2 heterocycles. The Bertz CT molecular complexity index is 1060. The summed E-state index contributed by atoms with van der Waals surface area (Å²) in [5.41, 5.74) is 2.34. The minimum atomic E-state index is -3.21. The first kappa shape index (κ1) is 16.2. The van der Waals surface area contributed by atoms with Gasteiger partial charge in [0, 0.05) is 6.92 Å². The topological polar surface area (TPSA) is 66.0 Å². The van der Waals surface area contributed by atoms with Gasteiger partial charge >= 0.3 is 6.11 Å². The number of hydrogen-bond acceptors (Lipinski definition) is 5. The molecule has 0 spiro atoms. The van der Waals surface area contributed by atoms with Crippen LogP contribution in [0.15, 0.2) is 53.3 Å². The fourth-order valence-corrected chi connectivity index (χ4v) is 2.64. The lowest BCUT2D eigenvalue weighted by molar-refractivity contribution is -0.158. The highest BCUT2D eigenvalue weighted by atomic mass is 19.3. The van der Waals surface area contributed by atoms with E-state index in [1.165, 1.54) is 12.1 Å². The molecule has 4 aromatic rings. The predicted octanol–water partition coefficient (Wildman–Crippen LogP) is 4.38. The van der Waals surface area contributed by atoms with E-state index in [-0.39, 0.29) is 5.75 Å². The maximum Gasteiger partial charge on any atom is 0.394 e. The van der Waals surface area contributed by atoms with E-state index in [0.29, 0.717) is 24.1 Å². The first-order valence-corrected chi connectivity index (χ1v) is 7.84. The molecule has 0 fully saturated rings. The first-order chi connectivity index (χ1) is 12.4. The van der Waals surface area contributed by atoms with E-state index in [4.69, 9.17) is 4.52 Å². The summed E-state index contributed by atoms with van der Waals surface area (Å²) in [6, 6.07) is 12.0. The largest absolute Gasteiger partial charge is 0.433 e. The van der Waals surface area contributed by atoms with Crippen molar-refractivity contribution in [1.82, 2.24) is 19.9 Å². The summed E-state index contributed by atoms with van der Waals surface area (Å²) in [5, 5.41) is 9.07. The van der Waals surface area contributed by atoms with Crippen LogP contribution in [0.25, 0.3) is 27.9 Å². The van der Waals surface area contributed by atoms with Crippen LogP contribution >= 0.6 is 0 Å². The molecule has 6 nitrogen and oxygen atoms in total. The van der Waals surface area contributed by atoms with Gasteiger partial charge in [0.1, 0.15) is 17.9 Å². The molecule has 4 rings (SSSR count). The summed E-state index contributed by atoms with van der Waals surface area (Å²) in [6.45, 7) is 2.49. The van der Waals surface area contributed by atoms with Gasteiger partial charge in [-0.15, -0.1) is 0 Å². The molecule has 0 saturated heterocycles. The van der Waals surface area contributed by atoms with E-state index in [9.17, 15) is 8.78 Å². The van der Waals surface area contributed by atoms with Crippen LogP contribution in [-0.4, -0.2) is 26.0 Å². The molecule has 0 saturated carbocycles. The molecule has 0 aliphatic heterocycles. The monoisotopic (exact) mass is 356 g/mol. The average Bonchev–Trinajstić information content (AvgIpc) is 3.19. The highest BCUT2D eigenvalue weighted by Crippen LogP contribution is 2.30. The summed E-state index contributed by atoms with van der Waals surface area (Å²) < 4.78 is 37.3. The zero-order chi connectivity index (χ0) is 18.3. The molecule has 26 heavy (non-hydrogen) atoms. The normalized spacial score (nSPS) is 11.8. The molecule has 0 N–H and O–H groups in total. The van der Waals surface area contributed by atoms with Crippen LogP contribution in [0, 0.1) is 6.92 Å². The fourth-order valence-electron chi connectivity index (χ4n) is 2.64. The molecule has 2 aromatic heterocycles. The third-order valence-corrected chi connectivity index (χ3v) is 3.76. The maximum absolute atomic E-state index is 12.9. The standard InChI is InChI=1S/C18H14F2N4O2/c1-11-21-10-24(22-11)17-15-9-13(5-8-16(15)26-23-17)12-3-6-14(7-4-12)25-18(2,19)20/h3-10H,1-2H3. The molecule has 8 heteroatoms. The van der Waals surface area contributed by atoms with Crippen molar-refractivity contribution in [1.29, 1.82) is 0 Å². The molecule has 0 atom stereocenters. The number of ether oxygens (including phenoxy) is 1. The first-order valence-electron chi connectivity index (χ1n) is 7.84. The fraction of sp³-hybridized carbons (Fsp3) is 0.167. The van der Waals surface area contributed by atoms with Crippen LogP contribution < -0.4 is 4.74 Å². The van der Waals surface area contributed by atoms with Crippen molar-refractivity contribution in [3.8, 4) is 22.7 Å². The number of nitrogens with zero attached hydrogens (tertiary/aromatic N) is 4. The smallest absolute Gasteiger partial charge is 0.394 e. The highest BCUT2D eigenvalue weighted by molar-refractivity contribution is 5.88. The predicted molar refractivity (Wildman–Crippen MR) is 90.3 cm³/mol. The molecule has 0 aliphatic rings. The van der Waals surface area contributed by atoms with Gasteiger partial charge in [-0.05, 0) is 42.3 Å². The van der Waals surface area contributed by atoms with E-state index in [1.807, 2.05) is 12.1 Å². The van der Waals surface area contributed by atoms with Gasteiger partial charge in [0.25, 0.3) is 0 Å². The molecule has 132 valence electrons. The van der Waals surface area contributed by atoms with Gasteiger partial charge in [-0.1, -0.05) is 23.4 Å². The Morgan fingerprint density at radius 1 is 1.08 bits per heavy atom. The molecule has 2 aromatic carbocycles. The maximum atomic E-state index is 12.9. The Balaban J connectivity index is 1.71. The number of aryl methyl sites for hydroxylation is 1. The molecule has 0 radical (unpaired) electrons. The van der Waals surface area contributed by atoms with Crippen LogP contribution in [0.3, 0.4) is 0 Å². The zero-order valence-electron chi connectivity index (χ0n) is 14.0. The summed E-state index contributed by atoms with van der Waals surface area (Å²) in [6.07, 6.45) is -1.65. The number of halogens is 2. The van der Waals surface area contributed by atoms with Crippen molar-refractivity contribution >= 4 is 11.0 Å². The second kappa shape index (κ2) is 5.91. The van der Waals surface area contributed by atoms with Crippen LogP contribution in [0.2, 0.25) is 0 Å². The zero-order valence-corrected chi connectivity index (χ0v) is 14.0. The van der Waals surface area contributed by atoms with E-state index < -0.39 is 6.11 Å². The van der Waals surface area contributed by atoms with Crippen molar-refractivity contribution in [2.45, 2.75) is 20.0 Å². The Labute approximate surface area is 147 Å². The van der Waals surface area contributed by atoms with E-state index in [1.54, 1.807) is 36.1 Å². The molecule has 0 amide bonds. The van der Waals surface area contributed by atoms with Crippen molar-refractivity contribution in [3.63, 3.8) is 0 Å². The van der Waals surface area contributed by atoms with Crippen molar-refractivity contribution in [2.75, 3.05) is 0 Å². The lowest BCUT2D eigenvalue weighted by Gasteiger charge is -2.13. The quantitative estimate of drug-likeness (QED) is 0.543. The van der Waals surface area contributed by atoms with Gasteiger partial charge < -0.3 is 9.26 Å². The minimum Gasteiger partial charge on any atom is -0.433 e. The lowest BCUT2D eigenvalue weighted by atomic mass is 10.0. The average molecular weight is 356 g/mol. The third kappa shape index (κ3) is 3.13. The van der Waals surface area contributed by atoms with E-state index in [0.717, 1.165) is 16.5 Å². The SMILES string of the molecule is Cc1ncn(-c2noc3ccc(-c4ccc(OC(C)(F)F)cc4)cc23)n1. The Hall–Kier alpha value is -3.29. The van der Waals surface area contributed by atoms with E-state index in [2.05, 4.69) is 20.0 Å². The summed E-state index contributed by atoms with van der Waals surface area (Å²) >= 11 is 0. The second-order valence-electron chi connectivity index (χ2n) is 5.89. The molecule has 0 aliphatic carbocycles. The van der Waals surface area contributed by atoms with Gasteiger partial charge in [-0.2, -0.15) is 18.6 Å². The van der Waals surface area contributed by atoms with Crippen LogP contribution in [0.5, 0.6) is 5.75 Å². The van der Waals surface area contributed by atoms with E-state index >= 15 is 0 Å². The van der Waals surface area contributed by atoms with Crippen molar-refractivity contribution in [2.24, 2.45) is 0 Å². The number of aromatic nitrogens is 4. The lowest BCUT2D eigenvalue weighted by Crippen LogP contribution is -2.18. The van der Waals surface area contributed by atoms with Gasteiger partial charge in [-0.25, -0.2) is 4.98 Å². The second-order valence-corrected chi connectivity index (χ2v) is 5.89.